The molecule has 2 N–H and O–H groups in total. The van der Waals surface area contributed by atoms with Crippen LogP contribution in [0.2, 0.25) is 0 Å². The average molecular weight is 317 g/mol. The van der Waals surface area contributed by atoms with E-state index in [1.165, 1.54) is 11.8 Å². The van der Waals surface area contributed by atoms with Gasteiger partial charge < -0.3 is 15.3 Å². The van der Waals surface area contributed by atoms with Gasteiger partial charge in [-0.1, -0.05) is 0 Å². The summed E-state index contributed by atoms with van der Waals surface area (Å²) < 4.78 is 0. The van der Waals surface area contributed by atoms with Crippen LogP contribution < -0.4 is 5.32 Å². The molecule has 0 aliphatic carbocycles. The van der Waals surface area contributed by atoms with E-state index in [1.807, 2.05) is 31.3 Å². The van der Waals surface area contributed by atoms with Crippen LogP contribution in [0.15, 0.2) is 5.38 Å². The van der Waals surface area contributed by atoms with Gasteiger partial charge in [-0.05, 0) is 27.9 Å². The lowest BCUT2D eigenvalue weighted by Crippen LogP contribution is -2.47. The first-order valence-corrected chi connectivity index (χ1v) is 8.44. The third-order valence-corrected chi connectivity index (χ3v) is 4.26. The highest BCUT2D eigenvalue weighted by atomic mass is 32.2. The molecule has 0 bridgehead atoms. The molecular weight excluding hydrogens is 294 g/mol. The molecule has 0 aliphatic rings. The monoisotopic (exact) mass is 317 g/mol. The van der Waals surface area contributed by atoms with Gasteiger partial charge in [0.05, 0.1) is 22.1 Å². The first-order chi connectivity index (χ1) is 9.28. The fraction of sp³-hybridized carbons (Fsp3) is 0.692. The highest BCUT2D eigenvalue weighted by Gasteiger charge is 2.21. The minimum Gasteiger partial charge on any atom is -0.387 e. The number of carbonyl (C=O) groups excluding carboxylic acids is 1. The van der Waals surface area contributed by atoms with Gasteiger partial charge in [0.1, 0.15) is 0 Å². The predicted molar refractivity (Wildman–Crippen MR) is 85.2 cm³/mol. The van der Waals surface area contributed by atoms with Gasteiger partial charge in [-0.2, -0.15) is 0 Å². The third-order valence-electron chi connectivity index (χ3n) is 2.47. The van der Waals surface area contributed by atoms with Crippen molar-refractivity contribution in [2.75, 3.05) is 32.9 Å². The summed E-state index contributed by atoms with van der Waals surface area (Å²) in [5.41, 5.74) is 0.112. The van der Waals surface area contributed by atoms with Crippen LogP contribution in [0.3, 0.4) is 0 Å². The summed E-state index contributed by atoms with van der Waals surface area (Å²) >= 11 is 3.15. The Bertz CT molecular complexity index is 433. The fourth-order valence-corrected chi connectivity index (χ4v) is 3.26. The molecule has 7 heteroatoms. The van der Waals surface area contributed by atoms with Gasteiger partial charge in [-0.3, -0.25) is 4.79 Å². The van der Waals surface area contributed by atoms with Crippen molar-refractivity contribution in [1.29, 1.82) is 0 Å². The van der Waals surface area contributed by atoms with Crippen LogP contribution in [0.4, 0.5) is 0 Å². The summed E-state index contributed by atoms with van der Waals surface area (Å²) in [7, 11) is 3.78. The summed E-state index contributed by atoms with van der Waals surface area (Å²) in [5.74, 6) is 1.07. The molecule has 1 atom stereocenters. The number of amides is 1. The zero-order valence-corrected chi connectivity index (χ0v) is 14.1. The average Bonchev–Trinajstić information content (AvgIpc) is 2.71. The number of likely N-dealkylation sites (N-methyl/N-ethyl adjacent to an activating group) is 1. The van der Waals surface area contributed by atoms with Crippen molar-refractivity contribution < 1.29 is 9.90 Å². The minimum atomic E-state index is -0.907. The number of thiazole rings is 1. The lowest BCUT2D eigenvalue weighted by atomic mass is 10.1. The minimum absolute atomic E-state index is 0.0546. The van der Waals surface area contributed by atoms with Crippen molar-refractivity contribution in [2.45, 2.75) is 25.2 Å². The Morgan fingerprint density at radius 1 is 1.60 bits per heavy atom. The molecule has 0 radical (unpaired) electrons. The zero-order valence-electron chi connectivity index (χ0n) is 12.5. The van der Waals surface area contributed by atoms with Gasteiger partial charge in [-0.15, -0.1) is 23.1 Å². The van der Waals surface area contributed by atoms with Crippen molar-refractivity contribution in [3.05, 3.63) is 16.1 Å². The molecule has 0 fully saturated rings. The maximum absolute atomic E-state index is 11.7. The molecule has 1 unspecified atom stereocenters. The Kier molecular flexibility index (Phi) is 6.94. The van der Waals surface area contributed by atoms with Gasteiger partial charge >= 0.3 is 0 Å². The highest BCUT2D eigenvalue weighted by Crippen LogP contribution is 2.14. The SMILES string of the molecule is Cc1nc(CSCC(=O)NCC(C)(O)CN(C)C)cs1. The standard InChI is InChI=1S/C13H23N3O2S2/c1-10-15-11(6-20-10)5-19-7-12(17)14-8-13(2,18)9-16(3)4/h6,18H,5,7-9H2,1-4H3,(H,14,17). The number of aryl methyl sites for hydroxylation is 1. The van der Waals surface area contributed by atoms with E-state index in [1.54, 1.807) is 18.3 Å². The second kappa shape index (κ2) is 7.97. The Balaban J connectivity index is 2.20. The Hall–Kier alpha value is -0.630. The molecule has 0 spiro atoms. The van der Waals surface area contributed by atoms with Crippen molar-refractivity contribution >= 4 is 29.0 Å². The first-order valence-electron chi connectivity index (χ1n) is 6.41. The number of thioether (sulfide) groups is 1. The van der Waals surface area contributed by atoms with Crippen molar-refractivity contribution in [2.24, 2.45) is 0 Å². The molecule has 114 valence electrons. The number of aromatic nitrogens is 1. The molecule has 1 amide bonds. The zero-order chi connectivity index (χ0) is 15.2. The maximum atomic E-state index is 11.7. The van der Waals surface area contributed by atoms with Crippen LogP contribution in [0, 0.1) is 6.92 Å². The molecule has 0 saturated carbocycles. The summed E-state index contributed by atoms with van der Waals surface area (Å²) in [6.45, 7) is 4.47. The second-order valence-electron chi connectivity index (χ2n) is 5.36. The van der Waals surface area contributed by atoms with Crippen LogP contribution in [-0.4, -0.2) is 59.4 Å². The number of aliphatic hydroxyl groups is 1. The van der Waals surface area contributed by atoms with Crippen molar-refractivity contribution in [3.8, 4) is 0 Å². The van der Waals surface area contributed by atoms with Crippen molar-refractivity contribution in [1.82, 2.24) is 15.2 Å². The van der Waals surface area contributed by atoms with Gasteiger partial charge in [0.25, 0.3) is 0 Å². The highest BCUT2D eigenvalue weighted by molar-refractivity contribution is 7.99. The van der Waals surface area contributed by atoms with E-state index in [0.29, 0.717) is 12.3 Å². The fourth-order valence-electron chi connectivity index (χ4n) is 1.80. The van der Waals surface area contributed by atoms with E-state index >= 15 is 0 Å². The predicted octanol–water partition coefficient (Wildman–Crippen LogP) is 1.11. The van der Waals surface area contributed by atoms with Crippen LogP contribution in [-0.2, 0) is 10.5 Å². The largest absolute Gasteiger partial charge is 0.387 e. The molecule has 1 aromatic heterocycles. The normalized spacial score (nSPS) is 14.3. The summed E-state index contributed by atoms with van der Waals surface area (Å²) in [5, 5.41) is 15.9. The lowest BCUT2D eigenvalue weighted by Gasteiger charge is -2.27. The van der Waals surface area contributed by atoms with Crippen LogP contribution in [0.1, 0.15) is 17.6 Å². The first kappa shape index (κ1) is 17.4. The topological polar surface area (TPSA) is 65.5 Å². The third kappa shape index (κ3) is 7.23. The number of hydrogen-bond acceptors (Lipinski definition) is 6. The molecule has 1 heterocycles. The Labute approximate surface area is 128 Å². The molecule has 0 aliphatic heterocycles. The van der Waals surface area contributed by atoms with E-state index in [9.17, 15) is 9.90 Å². The molecule has 5 nitrogen and oxygen atoms in total. The van der Waals surface area contributed by atoms with Gasteiger partial charge in [0.2, 0.25) is 5.91 Å². The number of rotatable bonds is 8. The molecule has 1 rings (SSSR count). The van der Waals surface area contributed by atoms with Crippen molar-refractivity contribution in [3.63, 3.8) is 0 Å². The quantitative estimate of drug-likeness (QED) is 0.752. The van der Waals surface area contributed by atoms with E-state index in [2.05, 4.69) is 10.3 Å². The van der Waals surface area contributed by atoms with E-state index in [0.717, 1.165) is 16.5 Å². The molecular formula is C13H23N3O2S2. The number of hydrogen-bond donors (Lipinski definition) is 2. The van der Waals surface area contributed by atoms with Gasteiger partial charge in [0.15, 0.2) is 0 Å². The van der Waals surface area contributed by atoms with Gasteiger partial charge in [0, 0.05) is 24.2 Å². The summed E-state index contributed by atoms with van der Waals surface area (Å²) in [6.07, 6.45) is 0. The second-order valence-corrected chi connectivity index (χ2v) is 7.41. The number of nitrogens with one attached hydrogen (secondary N) is 1. The Morgan fingerprint density at radius 3 is 2.85 bits per heavy atom. The van der Waals surface area contributed by atoms with E-state index < -0.39 is 5.60 Å². The van der Waals surface area contributed by atoms with Crippen LogP contribution >= 0.6 is 23.1 Å². The maximum Gasteiger partial charge on any atom is 0.230 e. The van der Waals surface area contributed by atoms with Gasteiger partial charge in [-0.25, -0.2) is 4.98 Å². The number of carbonyl (C=O) groups is 1. The van der Waals surface area contributed by atoms with Crippen LogP contribution in [0.5, 0.6) is 0 Å². The molecule has 0 saturated heterocycles. The van der Waals surface area contributed by atoms with E-state index in [-0.39, 0.29) is 12.5 Å². The summed E-state index contributed by atoms with van der Waals surface area (Å²) in [4.78, 5) is 17.9. The number of nitrogens with zero attached hydrogens (tertiary/aromatic N) is 2. The van der Waals surface area contributed by atoms with E-state index in [4.69, 9.17) is 0 Å². The Morgan fingerprint density at radius 2 is 2.30 bits per heavy atom. The molecule has 1 aromatic rings. The smallest absolute Gasteiger partial charge is 0.230 e. The summed E-state index contributed by atoms with van der Waals surface area (Å²) in [6, 6.07) is 0. The van der Waals surface area contributed by atoms with Crippen LogP contribution in [0.25, 0.3) is 0 Å². The molecule has 0 aromatic carbocycles. The molecule has 20 heavy (non-hydrogen) atoms. The lowest BCUT2D eigenvalue weighted by molar-refractivity contribution is -0.119.